The lowest BCUT2D eigenvalue weighted by atomic mass is 9.96. The van der Waals surface area contributed by atoms with E-state index in [9.17, 15) is 9.59 Å². The summed E-state index contributed by atoms with van der Waals surface area (Å²) in [4.78, 5) is 32.9. The Bertz CT molecular complexity index is 1090. The van der Waals surface area contributed by atoms with Gasteiger partial charge in [0, 0.05) is 31.6 Å². The third kappa shape index (κ3) is 3.90. The number of hydrogen-bond donors (Lipinski definition) is 0. The summed E-state index contributed by atoms with van der Waals surface area (Å²) < 4.78 is 1.71. The SMILES string of the molecule is O=C(c1cnn(-c2ccccc2)n1)N1CCC(Cn2cnc(C3CC3)cc2=O)CC1. The molecule has 0 radical (unpaired) electrons. The maximum absolute atomic E-state index is 12.8. The van der Waals surface area contributed by atoms with E-state index in [1.807, 2.05) is 35.2 Å². The molecule has 2 aromatic heterocycles. The van der Waals surface area contributed by atoms with E-state index >= 15 is 0 Å². The van der Waals surface area contributed by atoms with Crippen LogP contribution in [0.1, 0.15) is 47.8 Å². The van der Waals surface area contributed by atoms with E-state index in [1.54, 1.807) is 17.0 Å². The molecule has 1 saturated carbocycles. The quantitative estimate of drug-likeness (QED) is 0.651. The number of carbonyl (C=O) groups excluding carboxylic acids is 1. The Hall–Kier alpha value is -3.29. The summed E-state index contributed by atoms with van der Waals surface area (Å²) in [6, 6.07) is 11.2. The first-order valence-electron chi connectivity index (χ1n) is 10.5. The predicted molar refractivity (Wildman–Crippen MR) is 110 cm³/mol. The maximum atomic E-state index is 12.8. The predicted octanol–water partition coefficient (Wildman–Crippen LogP) is 2.25. The monoisotopic (exact) mass is 404 g/mol. The van der Waals surface area contributed by atoms with Crippen molar-refractivity contribution in [2.45, 2.75) is 38.1 Å². The first-order valence-corrected chi connectivity index (χ1v) is 10.5. The summed E-state index contributed by atoms with van der Waals surface area (Å²) in [6.07, 6.45) is 7.21. The van der Waals surface area contributed by atoms with Gasteiger partial charge >= 0.3 is 0 Å². The van der Waals surface area contributed by atoms with Crippen molar-refractivity contribution < 1.29 is 4.79 Å². The molecule has 8 heteroatoms. The lowest BCUT2D eigenvalue weighted by Gasteiger charge is -2.31. The highest BCUT2D eigenvalue weighted by molar-refractivity contribution is 5.92. The molecule has 3 aromatic rings. The number of rotatable bonds is 5. The Morgan fingerprint density at radius 2 is 1.83 bits per heavy atom. The van der Waals surface area contributed by atoms with Gasteiger partial charge in [-0.3, -0.25) is 14.2 Å². The zero-order chi connectivity index (χ0) is 20.5. The molecule has 2 fully saturated rings. The minimum Gasteiger partial charge on any atom is -0.337 e. The minimum atomic E-state index is -0.0942. The van der Waals surface area contributed by atoms with Crippen LogP contribution in [0.4, 0.5) is 0 Å². The number of para-hydroxylation sites is 1. The number of amides is 1. The number of likely N-dealkylation sites (tertiary alicyclic amines) is 1. The van der Waals surface area contributed by atoms with Crippen LogP contribution in [0.3, 0.4) is 0 Å². The van der Waals surface area contributed by atoms with Crippen LogP contribution in [0.2, 0.25) is 0 Å². The first-order chi connectivity index (χ1) is 14.7. The zero-order valence-electron chi connectivity index (χ0n) is 16.7. The van der Waals surface area contributed by atoms with Crippen LogP contribution in [0.15, 0.2) is 53.7 Å². The van der Waals surface area contributed by atoms with Crippen molar-refractivity contribution in [3.05, 3.63) is 70.7 Å². The fourth-order valence-corrected chi connectivity index (χ4v) is 3.99. The number of carbonyl (C=O) groups is 1. The molecule has 1 saturated heterocycles. The van der Waals surface area contributed by atoms with Crippen molar-refractivity contribution in [2.24, 2.45) is 5.92 Å². The van der Waals surface area contributed by atoms with Crippen LogP contribution >= 0.6 is 0 Å². The Labute approximate surface area is 174 Å². The second-order valence-electron chi connectivity index (χ2n) is 8.17. The Morgan fingerprint density at radius 1 is 1.07 bits per heavy atom. The highest BCUT2D eigenvalue weighted by Crippen LogP contribution is 2.38. The molecule has 1 aromatic carbocycles. The fraction of sp³-hybridized carbons (Fsp3) is 0.409. The molecule has 30 heavy (non-hydrogen) atoms. The summed E-state index contributed by atoms with van der Waals surface area (Å²) >= 11 is 0. The molecule has 2 aliphatic rings. The number of aromatic nitrogens is 5. The van der Waals surface area contributed by atoms with Crippen molar-refractivity contribution in [1.82, 2.24) is 29.4 Å². The van der Waals surface area contributed by atoms with Gasteiger partial charge in [-0.25, -0.2) is 4.98 Å². The van der Waals surface area contributed by atoms with E-state index in [2.05, 4.69) is 15.2 Å². The molecule has 5 rings (SSSR count). The average molecular weight is 404 g/mol. The molecular weight excluding hydrogens is 380 g/mol. The molecule has 0 N–H and O–H groups in total. The number of piperidine rings is 1. The van der Waals surface area contributed by atoms with Gasteiger partial charge in [-0.1, -0.05) is 18.2 Å². The fourth-order valence-electron chi connectivity index (χ4n) is 3.99. The molecule has 0 atom stereocenters. The van der Waals surface area contributed by atoms with Crippen LogP contribution in [0.25, 0.3) is 5.69 Å². The van der Waals surface area contributed by atoms with Crippen molar-refractivity contribution in [1.29, 1.82) is 0 Å². The Balaban J connectivity index is 1.18. The van der Waals surface area contributed by atoms with Gasteiger partial charge in [-0.15, -0.1) is 5.10 Å². The summed E-state index contributed by atoms with van der Waals surface area (Å²) in [6.45, 7) is 1.97. The molecule has 1 aliphatic carbocycles. The van der Waals surface area contributed by atoms with Crippen molar-refractivity contribution in [3.63, 3.8) is 0 Å². The second-order valence-corrected chi connectivity index (χ2v) is 8.17. The standard InChI is InChI=1S/C22H24N6O2/c29-21-12-19(17-6-7-17)23-15-27(21)14-16-8-10-26(11-9-16)22(30)20-13-24-28(25-20)18-4-2-1-3-5-18/h1-5,12-13,15-17H,6-11,14H2. The molecule has 1 aliphatic heterocycles. The van der Waals surface area contributed by atoms with Crippen molar-refractivity contribution >= 4 is 5.91 Å². The largest absolute Gasteiger partial charge is 0.337 e. The normalized spacial score (nSPS) is 17.3. The number of benzene rings is 1. The van der Waals surface area contributed by atoms with Crippen molar-refractivity contribution in [2.75, 3.05) is 13.1 Å². The van der Waals surface area contributed by atoms with Crippen LogP contribution < -0.4 is 5.56 Å². The van der Waals surface area contributed by atoms with Gasteiger partial charge in [0.25, 0.3) is 11.5 Å². The molecule has 0 spiro atoms. The van der Waals surface area contributed by atoms with E-state index in [0.29, 0.717) is 37.2 Å². The van der Waals surface area contributed by atoms with Crippen molar-refractivity contribution in [3.8, 4) is 5.69 Å². The highest BCUT2D eigenvalue weighted by Gasteiger charge is 2.27. The topological polar surface area (TPSA) is 85.9 Å². The third-order valence-corrected chi connectivity index (χ3v) is 5.95. The zero-order valence-corrected chi connectivity index (χ0v) is 16.7. The van der Waals surface area contributed by atoms with E-state index in [4.69, 9.17) is 0 Å². The molecule has 1 amide bonds. The Morgan fingerprint density at radius 3 is 2.53 bits per heavy atom. The lowest BCUT2D eigenvalue weighted by Crippen LogP contribution is -2.40. The van der Waals surface area contributed by atoms with Crippen LogP contribution in [-0.4, -0.2) is 48.4 Å². The van der Waals surface area contributed by atoms with Gasteiger partial charge in [0.2, 0.25) is 0 Å². The average Bonchev–Trinajstić information content (AvgIpc) is 3.52. The summed E-state index contributed by atoms with van der Waals surface area (Å²) in [5.41, 5.74) is 2.14. The number of nitrogens with zero attached hydrogens (tertiary/aromatic N) is 6. The molecular formula is C22H24N6O2. The van der Waals surface area contributed by atoms with E-state index in [1.165, 1.54) is 11.0 Å². The van der Waals surface area contributed by atoms with Crippen LogP contribution in [-0.2, 0) is 6.54 Å². The van der Waals surface area contributed by atoms with Gasteiger partial charge in [-0.05, 0) is 43.7 Å². The van der Waals surface area contributed by atoms with Crippen LogP contribution in [0, 0.1) is 5.92 Å². The smallest absolute Gasteiger partial charge is 0.276 e. The molecule has 8 nitrogen and oxygen atoms in total. The van der Waals surface area contributed by atoms with Gasteiger partial charge in [0.05, 0.1) is 23.9 Å². The summed E-state index contributed by atoms with van der Waals surface area (Å²) in [7, 11) is 0. The first kappa shape index (κ1) is 18.7. The second kappa shape index (κ2) is 7.85. The Kier molecular flexibility index (Phi) is 4.90. The molecule has 0 unspecified atom stereocenters. The molecule has 0 bridgehead atoms. The highest BCUT2D eigenvalue weighted by atomic mass is 16.2. The van der Waals surface area contributed by atoms with E-state index < -0.39 is 0 Å². The van der Waals surface area contributed by atoms with Crippen LogP contribution in [0.5, 0.6) is 0 Å². The lowest BCUT2D eigenvalue weighted by molar-refractivity contribution is 0.0676. The minimum absolute atomic E-state index is 0.0305. The number of hydrogen-bond acceptors (Lipinski definition) is 5. The van der Waals surface area contributed by atoms with E-state index in [0.717, 1.165) is 37.1 Å². The molecule has 3 heterocycles. The third-order valence-electron chi connectivity index (χ3n) is 5.95. The van der Waals surface area contributed by atoms with Gasteiger partial charge < -0.3 is 4.90 Å². The maximum Gasteiger partial charge on any atom is 0.276 e. The van der Waals surface area contributed by atoms with Gasteiger partial charge in [0.1, 0.15) is 0 Å². The summed E-state index contributed by atoms with van der Waals surface area (Å²) in [5.74, 6) is 0.755. The summed E-state index contributed by atoms with van der Waals surface area (Å²) in [5, 5.41) is 8.56. The molecule has 154 valence electrons. The van der Waals surface area contributed by atoms with E-state index in [-0.39, 0.29) is 11.5 Å². The van der Waals surface area contributed by atoms with Gasteiger partial charge in [-0.2, -0.15) is 9.90 Å². The van der Waals surface area contributed by atoms with Gasteiger partial charge in [0.15, 0.2) is 5.69 Å².